The Morgan fingerprint density at radius 3 is 2.61 bits per heavy atom. The van der Waals surface area contributed by atoms with Gasteiger partial charge in [0.15, 0.2) is 0 Å². The lowest BCUT2D eigenvalue weighted by Crippen LogP contribution is -2.32. The second kappa shape index (κ2) is 10.3. The van der Waals surface area contributed by atoms with Gasteiger partial charge in [0, 0.05) is 18.7 Å². The number of rotatable bonds is 9. The Morgan fingerprint density at radius 1 is 1.18 bits per heavy atom. The maximum atomic E-state index is 12.8. The summed E-state index contributed by atoms with van der Waals surface area (Å²) in [5.74, 6) is 0.373. The molecule has 9 heteroatoms. The summed E-state index contributed by atoms with van der Waals surface area (Å²) in [5, 5.41) is 2.97. The van der Waals surface area contributed by atoms with Crippen molar-refractivity contribution in [2.45, 2.75) is 43.2 Å². The maximum absolute atomic E-state index is 12.8. The molecule has 2 atom stereocenters. The number of carbonyl (C=O) groups is 1. The van der Waals surface area contributed by atoms with Crippen molar-refractivity contribution < 1.29 is 17.9 Å². The van der Waals surface area contributed by atoms with Gasteiger partial charge in [0.1, 0.15) is 5.82 Å². The molecule has 3 N–H and O–H groups in total. The van der Waals surface area contributed by atoms with Crippen molar-refractivity contribution in [3.05, 3.63) is 72.2 Å². The van der Waals surface area contributed by atoms with Crippen LogP contribution in [0.2, 0.25) is 0 Å². The van der Waals surface area contributed by atoms with Crippen molar-refractivity contribution in [1.29, 1.82) is 0 Å². The number of imidazole rings is 1. The number of amides is 1. The third kappa shape index (κ3) is 5.68. The summed E-state index contributed by atoms with van der Waals surface area (Å²) in [6.07, 6.45) is 4.11. The van der Waals surface area contributed by atoms with Crippen LogP contribution in [-0.4, -0.2) is 43.5 Å². The Labute approximate surface area is 193 Å². The van der Waals surface area contributed by atoms with Gasteiger partial charge >= 0.3 is 0 Å². The van der Waals surface area contributed by atoms with E-state index >= 15 is 0 Å². The van der Waals surface area contributed by atoms with E-state index in [1.165, 1.54) is 24.3 Å². The number of nitrogens with zero attached hydrogens (tertiary/aromatic N) is 1. The summed E-state index contributed by atoms with van der Waals surface area (Å²) in [4.78, 5) is 20.6. The number of hydrogen-bond acceptors (Lipinski definition) is 5. The number of aromatic nitrogens is 2. The van der Waals surface area contributed by atoms with Gasteiger partial charge in [-0.2, -0.15) is 0 Å². The average Bonchev–Trinajstić information content (AvgIpc) is 3.54. The Kier molecular flexibility index (Phi) is 7.22. The molecule has 1 fully saturated rings. The lowest BCUT2D eigenvalue weighted by atomic mass is 10.1. The van der Waals surface area contributed by atoms with E-state index in [1.54, 1.807) is 6.20 Å². The summed E-state index contributed by atoms with van der Waals surface area (Å²) in [5.41, 5.74) is 2.27. The Morgan fingerprint density at radius 2 is 1.94 bits per heavy atom. The number of ether oxygens (including phenoxy) is 1. The van der Waals surface area contributed by atoms with Crippen LogP contribution >= 0.6 is 0 Å². The number of aromatic amines is 1. The maximum Gasteiger partial charge on any atom is 0.251 e. The number of nitrogens with one attached hydrogen (secondary N) is 3. The lowest BCUT2D eigenvalue weighted by Gasteiger charge is -2.15. The number of carbonyl (C=O) groups excluding carboxylic acids is 1. The summed E-state index contributed by atoms with van der Waals surface area (Å²) in [7, 11) is -3.66. The minimum atomic E-state index is -3.66. The number of sulfonamides is 1. The van der Waals surface area contributed by atoms with E-state index in [-0.39, 0.29) is 29.5 Å². The van der Waals surface area contributed by atoms with E-state index in [0.29, 0.717) is 24.4 Å². The van der Waals surface area contributed by atoms with Crippen molar-refractivity contribution >= 4 is 15.9 Å². The van der Waals surface area contributed by atoms with Crippen LogP contribution in [0.3, 0.4) is 0 Å². The minimum absolute atomic E-state index is 0.0835. The molecule has 8 nitrogen and oxygen atoms in total. The van der Waals surface area contributed by atoms with Crippen LogP contribution in [0.1, 0.15) is 48.4 Å². The molecule has 0 saturated carbocycles. The fourth-order valence-corrected chi connectivity index (χ4v) is 4.83. The van der Waals surface area contributed by atoms with Gasteiger partial charge in [-0.3, -0.25) is 4.79 Å². The highest BCUT2D eigenvalue weighted by atomic mass is 32.2. The van der Waals surface area contributed by atoms with Crippen molar-refractivity contribution in [3.8, 4) is 11.3 Å². The quantitative estimate of drug-likeness (QED) is 0.445. The molecule has 4 rings (SSSR count). The third-order valence-electron chi connectivity index (χ3n) is 5.68. The van der Waals surface area contributed by atoms with Gasteiger partial charge in [-0.1, -0.05) is 37.3 Å². The van der Waals surface area contributed by atoms with Gasteiger partial charge in [-0.05, 0) is 49.1 Å². The van der Waals surface area contributed by atoms with Gasteiger partial charge in [-0.15, -0.1) is 0 Å². The molecule has 1 saturated heterocycles. The van der Waals surface area contributed by atoms with Crippen LogP contribution in [-0.2, 0) is 14.8 Å². The topological polar surface area (TPSA) is 113 Å². The molecular formula is C24H28N4O4S. The summed E-state index contributed by atoms with van der Waals surface area (Å²) >= 11 is 0. The van der Waals surface area contributed by atoms with Crippen LogP contribution in [0.5, 0.6) is 0 Å². The normalized spacial score (nSPS) is 17.1. The highest BCUT2D eigenvalue weighted by molar-refractivity contribution is 7.89. The number of benzene rings is 2. The summed E-state index contributed by atoms with van der Waals surface area (Å²) in [6.45, 7) is 2.88. The van der Waals surface area contributed by atoms with Crippen LogP contribution in [0, 0.1) is 0 Å². The van der Waals surface area contributed by atoms with Crippen LogP contribution < -0.4 is 10.0 Å². The van der Waals surface area contributed by atoms with Crippen molar-refractivity contribution in [2.75, 3.05) is 13.2 Å². The summed E-state index contributed by atoms with van der Waals surface area (Å²) < 4.78 is 33.1. The molecule has 2 aromatic carbocycles. The zero-order valence-electron chi connectivity index (χ0n) is 18.5. The molecule has 0 aliphatic carbocycles. The molecule has 1 aromatic heterocycles. The lowest BCUT2D eigenvalue weighted by molar-refractivity contribution is 0.0933. The van der Waals surface area contributed by atoms with E-state index < -0.39 is 10.0 Å². The predicted octanol–water partition coefficient (Wildman–Crippen LogP) is 3.42. The smallest absolute Gasteiger partial charge is 0.251 e. The highest BCUT2D eigenvalue weighted by Gasteiger charge is 2.21. The molecule has 2 unspecified atom stereocenters. The van der Waals surface area contributed by atoms with E-state index in [2.05, 4.69) is 20.0 Å². The van der Waals surface area contributed by atoms with E-state index in [0.717, 1.165) is 24.1 Å². The van der Waals surface area contributed by atoms with Crippen LogP contribution in [0.15, 0.2) is 65.7 Å². The monoisotopic (exact) mass is 468 g/mol. The Hall–Kier alpha value is -3.01. The van der Waals surface area contributed by atoms with Crippen molar-refractivity contribution in [3.63, 3.8) is 0 Å². The average molecular weight is 469 g/mol. The van der Waals surface area contributed by atoms with Gasteiger partial charge in [-0.25, -0.2) is 18.1 Å². The molecule has 0 bridgehead atoms. The first-order valence-electron chi connectivity index (χ1n) is 11.1. The second-order valence-electron chi connectivity index (χ2n) is 7.99. The first kappa shape index (κ1) is 23.2. The van der Waals surface area contributed by atoms with Gasteiger partial charge in [0.05, 0.1) is 28.9 Å². The second-order valence-corrected chi connectivity index (χ2v) is 9.76. The third-order valence-corrected chi connectivity index (χ3v) is 7.12. The SMILES string of the molecule is CCC(NC(=O)c1ccc(S(=O)(=O)NCC2CCCO2)cc1)c1ncc(-c2ccccc2)[nH]1. The molecular weight excluding hydrogens is 440 g/mol. The molecule has 1 aliphatic heterocycles. The standard InChI is InChI=1S/C24H28N4O4S/c1-2-21(23-25-16-22(27-23)17-7-4-3-5-8-17)28-24(29)18-10-12-20(13-11-18)33(30,31)26-15-19-9-6-14-32-19/h3-5,7-8,10-13,16,19,21,26H,2,6,9,14-15H2,1H3,(H,25,27)(H,28,29). The van der Waals surface area contributed by atoms with E-state index in [4.69, 9.17) is 4.74 Å². The molecule has 33 heavy (non-hydrogen) atoms. The highest BCUT2D eigenvalue weighted by Crippen LogP contribution is 2.21. The Bertz CT molecular complexity index is 1170. The van der Waals surface area contributed by atoms with Crippen molar-refractivity contribution in [2.24, 2.45) is 0 Å². The molecule has 0 spiro atoms. The molecule has 1 amide bonds. The number of H-pyrrole nitrogens is 1. The largest absolute Gasteiger partial charge is 0.377 e. The van der Waals surface area contributed by atoms with Crippen LogP contribution in [0.25, 0.3) is 11.3 Å². The molecule has 0 radical (unpaired) electrons. The minimum Gasteiger partial charge on any atom is -0.377 e. The van der Waals surface area contributed by atoms with E-state index in [1.807, 2.05) is 37.3 Å². The van der Waals surface area contributed by atoms with Gasteiger partial charge < -0.3 is 15.0 Å². The van der Waals surface area contributed by atoms with Gasteiger partial charge in [0.25, 0.3) is 5.91 Å². The van der Waals surface area contributed by atoms with E-state index in [9.17, 15) is 13.2 Å². The van der Waals surface area contributed by atoms with Crippen LogP contribution in [0.4, 0.5) is 0 Å². The molecule has 3 aromatic rings. The summed E-state index contributed by atoms with van der Waals surface area (Å²) in [6, 6.07) is 15.4. The first-order valence-corrected chi connectivity index (χ1v) is 12.6. The molecule has 174 valence electrons. The zero-order valence-corrected chi connectivity index (χ0v) is 19.3. The predicted molar refractivity (Wildman–Crippen MR) is 125 cm³/mol. The van der Waals surface area contributed by atoms with Gasteiger partial charge in [0.2, 0.25) is 10.0 Å². The Balaban J connectivity index is 1.39. The molecule has 2 heterocycles. The fraction of sp³-hybridized carbons (Fsp3) is 0.333. The van der Waals surface area contributed by atoms with Crippen molar-refractivity contribution in [1.82, 2.24) is 20.0 Å². The fourth-order valence-electron chi connectivity index (χ4n) is 3.76. The molecule has 1 aliphatic rings. The number of hydrogen-bond donors (Lipinski definition) is 3. The zero-order chi connectivity index (χ0) is 23.3. The first-order chi connectivity index (χ1) is 16.0.